The molecule has 0 rings (SSSR count). The summed E-state index contributed by atoms with van der Waals surface area (Å²) in [6, 6.07) is 0. The van der Waals surface area contributed by atoms with Gasteiger partial charge in [0.2, 0.25) is 0 Å². The Kier molecular flexibility index (Phi) is 12.5. The Labute approximate surface area is 111 Å². The monoisotopic (exact) mass is 240 g/mol. The van der Waals surface area contributed by atoms with Gasteiger partial charge in [-0.15, -0.1) is 0 Å². The third kappa shape index (κ3) is 12.2. The minimum Gasteiger partial charge on any atom is -0.0654 e. The highest BCUT2D eigenvalue weighted by molar-refractivity contribution is 4.61. The second kappa shape index (κ2) is 12.5. The van der Waals surface area contributed by atoms with Gasteiger partial charge in [0.1, 0.15) is 0 Å². The Bertz CT molecular complexity index is 137. The van der Waals surface area contributed by atoms with Gasteiger partial charge in [-0.2, -0.15) is 0 Å². The molecule has 0 amide bonds. The minimum absolute atomic E-state index is 0.891. The quantitative estimate of drug-likeness (QED) is 0.338. The van der Waals surface area contributed by atoms with Gasteiger partial charge >= 0.3 is 0 Å². The molecular weight excluding hydrogens is 204 g/mol. The van der Waals surface area contributed by atoms with E-state index in [2.05, 4.69) is 27.7 Å². The first-order valence-corrected chi connectivity index (χ1v) is 8.20. The molecule has 0 aromatic carbocycles. The highest BCUT2D eigenvalue weighted by Gasteiger charge is 2.08. The van der Waals surface area contributed by atoms with Crippen molar-refractivity contribution in [1.82, 2.24) is 0 Å². The van der Waals surface area contributed by atoms with Crippen LogP contribution >= 0.6 is 0 Å². The van der Waals surface area contributed by atoms with Crippen molar-refractivity contribution < 1.29 is 0 Å². The molecule has 0 nitrogen and oxygen atoms in total. The summed E-state index contributed by atoms with van der Waals surface area (Å²) in [7, 11) is 0. The Hall–Kier alpha value is 0. The first-order chi connectivity index (χ1) is 8.20. The van der Waals surface area contributed by atoms with Gasteiger partial charge < -0.3 is 0 Å². The summed E-state index contributed by atoms with van der Waals surface area (Å²) in [5.41, 5.74) is 0. The average molecular weight is 240 g/mol. The summed E-state index contributed by atoms with van der Waals surface area (Å²) in [4.78, 5) is 0. The second-order valence-electron chi connectivity index (χ2n) is 6.18. The number of unbranched alkanes of at least 4 members (excludes halogenated alkanes) is 4. The molecule has 0 heterocycles. The highest BCUT2D eigenvalue weighted by Crippen LogP contribution is 2.23. The van der Waals surface area contributed by atoms with Crippen LogP contribution in [0.1, 0.15) is 98.3 Å². The van der Waals surface area contributed by atoms with Crippen LogP contribution in [0.15, 0.2) is 0 Å². The van der Waals surface area contributed by atoms with Crippen molar-refractivity contribution in [3.63, 3.8) is 0 Å². The molecule has 0 N–H and O–H groups in total. The van der Waals surface area contributed by atoms with Gasteiger partial charge in [0.25, 0.3) is 0 Å². The smallest absolute Gasteiger partial charge is 0.0414 e. The van der Waals surface area contributed by atoms with Crippen LogP contribution in [-0.4, -0.2) is 0 Å². The van der Waals surface area contributed by atoms with Crippen molar-refractivity contribution in [2.24, 2.45) is 11.8 Å². The van der Waals surface area contributed by atoms with Crippen LogP contribution in [0.25, 0.3) is 0 Å². The van der Waals surface area contributed by atoms with Crippen LogP contribution in [0.4, 0.5) is 0 Å². The Morgan fingerprint density at radius 3 is 1.76 bits per heavy atom. The van der Waals surface area contributed by atoms with E-state index in [-0.39, 0.29) is 0 Å². The fourth-order valence-corrected chi connectivity index (χ4v) is 2.60. The van der Waals surface area contributed by atoms with E-state index >= 15 is 0 Å². The van der Waals surface area contributed by atoms with Gasteiger partial charge in [-0.1, -0.05) is 98.3 Å². The van der Waals surface area contributed by atoms with Crippen molar-refractivity contribution in [1.29, 1.82) is 0 Å². The predicted molar refractivity (Wildman–Crippen MR) is 80.5 cm³/mol. The summed E-state index contributed by atoms with van der Waals surface area (Å²) < 4.78 is 0. The molecule has 17 heavy (non-hydrogen) atoms. The molecule has 0 aliphatic heterocycles. The van der Waals surface area contributed by atoms with E-state index in [0.717, 1.165) is 11.8 Å². The van der Waals surface area contributed by atoms with Gasteiger partial charge in [-0.25, -0.2) is 0 Å². The predicted octanol–water partition coefficient (Wildman–Crippen LogP) is 6.59. The van der Waals surface area contributed by atoms with E-state index in [0.29, 0.717) is 0 Å². The van der Waals surface area contributed by atoms with Crippen molar-refractivity contribution in [3.8, 4) is 0 Å². The molecule has 1 atom stereocenters. The van der Waals surface area contributed by atoms with Gasteiger partial charge in [0.05, 0.1) is 0 Å². The lowest BCUT2D eigenvalue weighted by atomic mass is 9.89. The van der Waals surface area contributed by atoms with Crippen LogP contribution in [0.2, 0.25) is 0 Å². The normalized spacial score (nSPS) is 13.2. The van der Waals surface area contributed by atoms with Crippen LogP contribution in [-0.2, 0) is 0 Å². The lowest BCUT2D eigenvalue weighted by Gasteiger charge is -2.17. The summed E-state index contributed by atoms with van der Waals surface area (Å²) in [5, 5.41) is 0. The summed E-state index contributed by atoms with van der Waals surface area (Å²) >= 11 is 0. The van der Waals surface area contributed by atoms with Crippen LogP contribution in [0.5, 0.6) is 0 Å². The molecule has 0 aromatic rings. The van der Waals surface area contributed by atoms with Crippen LogP contribution in [0, 0.1) is 11.8 Å². The molecule has 104 valence electrons. The molecular formula is C17H36. The third-order valence-corrected chi connectivity index (χ3v) is 3.83. The van der Waals surface area contributed by atoms with E-state index in [1.807, 2.05) is 0 Å². The van der Waals surface area contributed by atoms with Crippen LogP contribution in [0.3, 0.4) is 0 Å². The molecule has 0 aliphatic rings. The third-order valence-electron chi connectivity index (χ3n) is 3.83. The molecule has 0 heteroatoms. The maximum atomic E-state index is 2.35. The highest BCUT2D eigenvalue weighted by atomic mass is 14.1. The fourth-order valence-electron chi connectivity index (χ4n) is 2.60. The molecule has 0 bridgehead atoms. The first kappa shape index (κ1) is 17.0. The molecule has 0 fully saturated rings. The largest absolute Gasteiger partial charge is 0.0654 e. The summed E-state index contributed by atoms with van der Waals surface area (Å²) in [6.45, 7) is 9.32. The maximum Gasteiger partial charge on any atom is -0.0414 e. The van der Waals surface area contributed by atoms with Crippen molar-refractivity contribution in [2.75, 3.05) is 0 Å². The molecule has 0 saturated carbocycles. The zero-order valence-electron chi connectivity index (χ0n) is 12.9. The van der Waals surface area contributed by atoms with Gasteiger partial charge in [-0.3, -0.25) is 0 Å². The topological polar surface area (TPSA) is 0 Å². The summed E-state index contributed by atoms with van der Waals surface area (Å²) in [6.07, 6.45) is 15.9. The lowest BCUT2D eigenvalue weighted by molar-refractivity contribution is 0.364. The zero-order chi connectivity index (χ0) is 12.9. The van der Waals surface area contributed by atoms with E-state index in [9.17, 15) is 0 Å². The van der Waals surface area contributed by atoms with E-state index in [4.69, 9.17) is 0 Å². The Balaban J connectivity index is 3.63. The average Bonchev–Trinajstić information content (AvgIpc) is 2.30. The summed E-state index contributed by atoms with van der Waals surface area (Å²) in [5.74, 6) is 1.92. The van der Waals surface area contributed by atoms with Crippen molar-refractivity contribution in [3.05, 3.63) is 0 Å². The van der Waals surface area contributed by atoms with Gasteiger partial charge in [-0.05, 0) is 11.8 Å². The first-order valence-electron chi connectivity index (χ1n) is 8.20. The fraction of sp³-hybridized carbons (Fsp3) is 1.00. The second-order valence-corrected chi connectivity index (χ2v) is 6.18. The molecule has 0 spiro atoms. The van der Waals surface area contributed by atoms with E-state index < -0.39 is 0 Å². The van der Waals surface area contributed by atoms with E-state index in [1.165, 1.54) is 70.6 Å². The number of hydrogen-bond donors (Lipinski definition) is 0. The van der Waals surface area contributed by atoms with E-state index in [1.54, 1.807) is 0 Å². The number of hydrogen-bond acceptors (Lipinski definition) is 0. The standard InChI is InChI=1S/C17H36/c1-5-7-9-10-14-17(13-8-6-2)15-11-12-16(3)4/h16-17H,5-15H2,1-4H3. The Morgan fingerprint density at radius 1 is 0.588 bits per heavy atom. The number of rotatable bonds is 12. The maximum absolute atomic E-state index is 2.35. The molecule has 1 unspecified atom stereocenters. The van der Waals surface area contributed by atoms with Crippen molar-refractivity contribution in [2.45, 2.75) is 98.3 Å². The molecule has 0 radical (unpaired) electrons. The zero-order valence-corrected chi connectivity index (χ0v) is 12.9. The van der Waals surface area contributed by atoms with Gasteiger partial charge in [0.15, 0.2) is 0 Å². The van der Waals surface area contributed by atoms with Crippen LogP contribution < -0.4 is 0 Å². The van der Waals surface area contributed by atoms with Crippen molar-refractivity contribution >= 4 is 0 Å². The Morgan fingerprint density at radius 2 is 1.18 bits per heavy atom. The molecule has 0 saturated heterocycles. The SMILES string of the molecule is CCCCCCC(CCCC)CCCC(C)C. The molecule has 0 aromatic heterocycles. The van der Waals surface area contributed by atoms with Gasteiger partial charge in [0, 0.05) is 0 Å². The minimum atomic E-state index is 0.891. The lowest BCUT2D eigenvalue weighted by Crippen LogP contribution is -2.02. The molecule has 0 aliphatic carbocycles.